The minimum Gasteiger partial charge on any atom is -0.339 e. The lowest BCUT2D eigenvalue weighted by atomic mass is 10.1. The SMILES string of the molecule is C=C(/N=C(\N=N/C)N1CCC(N)CC1)c1ccc(Cl)cc1. The van der Waals surface area contributed by atoms with Crippen LogP contribution in [-0.2, 0) is 0 Å². The van der Waals surface area contributed by atoms with Gasteiger partial charge >= 0.3 is 0 Å². The first-order valence-electron chi connectivity index (χ1n) is 6.94. The number of hydrogen-bond donors (Lipinski definition) is 1. The van der Waals surface area contributed by atoms with Crippen molar-refractivity contribution in [3.63, 3.8) is 0 Å². The highest BCUT2D eigenvalue weighted by atomic mass is 35.5. The fourth-order valence-corrected chi connectivity index (χ4v) is 2.30. The zero-order valence-electron chi connectivity index (χ0n) is 12.2. The van der Waals surface area contributed by atoms with Crippen LogP contribution in [0.5, 0.6) is 0 Å². The van der Waals surface area contributed by atoms with Gasteiger partial charge in [-0.2, -0.15) is 5.11 Å². The van der Waals surface area contributed by atoms with Crippen LogP contribution in [0.1, 0.15) is 18.4 Å². The molecule has 0 bridgehead atoms. The van der Waals surface area contributed by atoms with Crippen molar-refractivity contribution in [2.45, 2.75) is 18.9 Å². The van der Waals surface area contributed by atoms with Crippen molar-refractivity contribution >= 4 is 23.3 Å². The summed E-state index contributed by atoms with van der Waals surface area (Å²) in [6.07, 6.45) is 1.87. The normalized spacial score (nSPS) is 17.5. The van der Waals surface area contributed by atoms with Crippen molar-refractivity contribution in [3.05, 3.63) is 41.4 Å². The molecule has 6 heteroatoms. The van der Waals surface area contributed by atoms with Crippen LogP contribution in [0, 0.1) is 0 Å². The minimum absolute atomic E-state index is 0.264. The fraction of sp³-hybridized carbons (Fsp3) is 0.400. The molecular formula is C15H20ClN5. The first-order valence-corrected chi connectivity index (χ1v) is 7.32. The van der Waals surface area contributed by atoms with E-state index in [1.54, 1.807) is 7.05 Å². The number of guanidine groups is 1. The van der Waals surface area contributed by atoms with Gasteiger partial charge in [-0.25, -0.2) is 4.99 Å². The second-order valence-electron chi connectivity index (χ2n) is 4.99. The molecule has 1 aliphatic rings. The highest BCUT2D eigenvalue weighted by Gasteiger charge is 2.19. The molecule has 1 saturated heterocycles. The molecule has 21 heavy (non-hydrogen) atoms. The Morgan fingerprint density at radius 2 is 1.90 bits per heavy atom. The number of azo groups is 1. The Hall–Kier alpha value is -1.72. The van der Waals surface area contributed by atoms with Gasteiger partial charge in [0.2, 0.25) is 5.96 Å². The maximum atomic E-state index is 5.93. The second-order valence-corrected chi connectivity index (χ2v) is 5.43. The number of likely N-dealkylation sites (tertiary alicyclic amines) is 1. The largest absolute Gasteiger partial charge is 0.339 e. The van der Waals surface area contributed by atoms with Gasteiger partial charge in [-0.05, 0) is 30.5 Å². The van der Waals surface area contributed by atoms with E-state index in [1.807, 2.05) is 24.3 Å². The van der Waals surface area contributed by atoms with Gasteiger partial charge in [-0.3, -0.25) is 0 Å². The summed E-state index contributed by atoms with van der Waals surface area (Å²) in [6, 6.07) is 7.68. The summed E-state index contributed by atoms with van der Waals surface area (Å²) < 4.78 is 0. The van der Waals surface area contributed by atoms with Crippen molar-refractivity contribution < 1.29 is 0 Å². The van der Waals surface area contributed by atoms with Crippen molar-refractivity contribution in [3.8, 4) is 0 Å². The number of piperidine rings is 1. The number of nitrogens with two attached hydrogens (primary N) is 1. The van der Waals surface area contributed by atoms with E-state index in [1.165, 1.54) is 0 Å². The van der Waals surface area contributed by atoms with E-state index in [4.69, 9.17) is 17.3 Å². The van der Waals surface area contributed by atoms with Gasteiger partial charge in [0.05, 0.1) is 5.70 Å². The number of nitrogens with zero attached hydrogens (tertiary/aromatic N) is 4. The van der Waals surface area contributed by atoms with Crippen LogP contribution in [-0.4, -0.2) is 37.0 Å². The maximum Gasteiger partial charge on any atom is 0.245 e. The van der Waals surface area contributed by atoms with E-state index < -0.39 is 0 Å². The van der Waals surface area contributed by atoms with Gasteiger partial charge in [0.15, 0.2) is 0 Å². The van der Waals surface area contributed by atoms with Crippen LogP contribution in [0.3, 0.4) is 0 Å². The molecule has 2 N–H and O–H groups in total. The predicted molar refractivity (Wildman–Crippen MR) is 87.5 cm³/mol. The average Bonchev–Trinajstić information content (AvgIpc) is 2.48. The standard InChI is InChI=1S/C15H20ClN5/c1-11(12-3-5-13(16)6-4-12)19-15(20-18-2)21-9-7-14(17)8-10-21/h3-6,14H,1,7-10,17H2,2H3/b19-15+,20-18-. The summed E-state index contributed by atoms with van der Waals surface area (Å²) in [5.41, 5.74) is 7.48. The lowest BCUT2D eigenvalue weighted by Gasteiger charge is -2.30. The molecule has 0 amide bonds. The summed E-state index contributed by atoms with van der Waals surface area (Å²) in [6.45, 7) is 5.68. The Kier molecular flexibility index (Phi) is 5.47. The van der Waals surface area contributed by atoms with E-state index in [0.29, 0.717) is 16.7 Å². The Balaban J connectivity index is 2.16. The zero-order chi connectivity index (χ0) is 15.2. The average molecular weight is 306 g/mol. The van der Waals surface area contributed by atoms with Crippen LogP contribution >= 0.6 is 11.6 Å². The Morgan fingerprint density at radius 1 is 1.29 bits per heavy atom. The maximum absolute atomic E-state index is 5.93. The molecule has 1 aromatic carbocycles. The number of hydrogen-bond acceptors (Lipinski definition) is 3. The van der Waals surface area contributed by atoms with E-state index in [9.17, 15) is 0 Å². The topological polar surface area (TPSA) is 66.3 Å². The van der Waals surface area contributed by atoms with Gasteiger partial charge in [0.1, 0.15) is 0 Å². The summed E-state index contributed by atoms with van der Waals surface area (Å²) in [5, 5.41) is 8.67. The molecule has 2 rings (SSSR count). The van der Waals surface area contributed by atoms with Gasteiger partial charge in [-0.15, -0.1) is 5.11 Å². The van der Waals surface area contributed by atoms with Crippen LogP contribution in [0.2, 0.25) is 5.02 Å². The molecule has 0 saturated carbocycles. The van der Waals surface area contributed by atoms with E-state index in [2.05, 4.69) is 26.7 Å². The van der Waals surface area contributed by atoms with Gasteiger partial charge in [-0.1, -0.05) is 30.3 Å². The summed E-state index contributed by atoms with van der Waals surface area (Å²) in [4.78, 5) is 6.61. The second kappa shape index (κ2) is 7.33. The Labute approximate surface area is 130 Å². The fourth-order valence-electron chi connectivity index (χ4n) is 2.17. The van der Waals surface area contributed by atoms with Crippen molar-refractivity contribution in [1.29, 1.82) is 0 Å². The van der Waals surface area contributed by atoms with E-state index >= 15 is 0 Å². The lowest BCUT2D eigenvalue weighted by molar-refractivity contribution is 0.310. The van der Waals surface area contributed by atoms with Gasteiger partial charge < -0.3 is 10.6 Å². The number of rotatable bonds is 2. The molecule has 1 fully saturated rings. The van der Waals surface area contributed by atoms with E-state index in [-0.39, 0.29) is 6.04 Å². The first kappa shape index (κ1) is 15.7. The third kappa shape index (κ3) is 4.37. The third-order valence-corrected chi connectivity index (χ3v) is 3.68. The molecule has 5 nitrogen and oxygen atoms in total. The number of benzene rings is 1. The zero-order valence-corrected chi connectivity index (χ0v) is 12.9. The van der Waals surface area contributed by atoms with Crippen LogP contribution < -0.4 is 5.73 Å². The molecular weight excluding hydrogens is 286 g/mol. The number of halogens is 1. The molecule has 1 heterocycles. The molecule has 112 valence electrons. The molecule has 1 aromatic rings. The summed E-state index contributed by atoms with van der Waals surface area (Å²) in [7, 11) is 1.64. The quantitative estimate of drug-likeness (QED) is 0.518. The molecule has 0 unspecified atom stereocenters. The van der Waals surface area contributed by atoms with Gasteiger partial charge in [0.25, 0.3) is 0 Å². The molecule has 1 aliphatic heterocycles. The molecule has 0 radical (unpaired) electrons. The van der Waals surface area contributed by atoms with Crippen LogP contribution in [0.4, 0.5) is 0 Å². The number of aliphatic imine (C=N–C) groups is 1. The van der Waals surface area contributed by atoms with Crippen molar-refractivity contribution in [2.75, 3.05) is 20.1 Å². The smallest absolute Gasteiger partial charge is 0.245 e. The molecule has 0 aliphatic carbocycles. The lowest BCUT2D eigenvalue weighted by Crippen LogP contribution is -2.42. The monoisotopic (exact) mass is 305 g/mol. The summed E-state index contributed by atoms with van der Waals surface area (Å²) in [5.74, 6) is 0.587. The first-order chi connectivity index (χ1) is 10.1. The third-order valence-electron chi connectivity index (χ3n) is 3.42. The van der Waals surface area contributed by atoms with Crippen molar-refractivity contribution in [2.24, 2.45) is 21.0 Å². The van der Waals surface area contributed by atoms with E-state index in [0.717, 1.165) is 31.5 Å². The van der Waals surface area contributed by atoms with Crippen LogP contribution in [0.25, 0.3) is 5.70 Å². The Morgan fingerprint density at radius 3 is 2.48 bits per heavy atom. The Bertz CT molecular complexity index is 542. The summed E-state index contributed by atoms with van der Waals surface area (Å²) >= 11 is 5.89. The molecule has 0 aromatic heterocycles. The molecule has 0 spiro atoms. The minimum atomic E-state index is 0.264. The van der Waals surface area contributed by atoms with Crippen molar-refractivity contribution in [1.82, 2.24) is 4.90 Å². The highest BCUT2D eigenvalue weighted by molar-refractivity contribution is 6.30. The van der Waals surface area contributed by atoms with Gasteiger partial charge in [0, 0.05) is 31.2 Å². The highest BCUT2D eigenvalue weighted by Crippen LogP contribution is 2.19. The van der Waals surface area contributed by atoms with Crippen LogP contribution in [0.15, 0.2) is 46.1 Å². The predicted octanol–water partition coefficient (Wildman–Crippen LogP) is 3.17. The molecule has 0 atom stereocenters.